The monoisotopic (exact) mass is 320 g/mol. The van der Waals surface area contributed by atoms with Crippen LogP contribution in [0.15, 0.2) is 17.2 Å². The third-order valence-corrected chi connectivity index (χ3v) is 2.84. The van der Waals surface area contributed by atoms with Gasteiger partial charge in [0, 0.05) is 18.2 Å². The van der Waals surface area contributed by atoms with Gasteiger partial charge in [0.05, 0.1) is 16.2 Å². The van der Waals surface area contributed by atoms with Crippen molar-refractivity contribution >= 4 is 52.4 Å². The van der Waals surface area contributed by atoms with E-state index in [1.807, 2.05) is 6.92 Å². The highest BCUT2D eigenvalue weighted by Gasteiger charge is 2.15. The summed E-state index contributed by atoms with van der Waals surface area (Å²) in [6.45, 7) is 2.55. The van der Waals surface area contributed by atoms with Gasteiger partial charge in [-0.1, -0.05) is 23.2 Å². The van der Waals surface area contributed by atoms with Crippen molar-refractivity contribution in [1.29, 1.82) is 0 Å². The molecule has 9 heteroatoms. The molecule has 0 aliphatic rings. The Hall–Kier alpha value is -1.44. The molecule has 1 aromatic carbocycles. The molecule has 0 saturated carbocycles. The van der Waals surface area contributed by atoms with Crippen LogP contribution in [0.4, 0.5) is 5.69 Å². The minimum atomic E-state index is -0.591. The zero-order chi connectivity index (χ0) is 14.4. The Kier molecular flexibility index (Phi) is 5.94. The summed E-state index contributed by atoms with van der Waals surface area (Å²) < 4.78 is 0. The van der Waals surface area contributed by atoms with Crippen molar-refractivity contribution in [3.8, 4) is 0 Å². The summed E-state index contributed by atoms with van der Waals surface area (Å²) in [6.07, 6.45) is 1.33. The number of hydrogen-bond acceptors (Lipinski definition) is 4. The molecule has 0 amide bonds. The average Bonchev–Trinajstić information content (AvgIpc) is 2.31. The van der Waals surface area contributed by atoms with Crippen LogP contribution in [0.1, 0.15) is 12.5 Å². The maximum absolute atomic E-state index is 10.7. The Morgan fingerprint density at radius 3 is 2.79 bits per heavy atom. The van der Waals surface area contributed by atoms with Gasteiger partial charge in [-0.3, -0.25) is 15.5 Å². The minimum Gasteiger partial charge on any atom is -0.362 e. The van der Waals surface area contributed by atoms with E-state index in [2.05, 4.69) is 15.8 Å². The summed E-state index contributed by atoms with van der Waals surface area (Å²) in [7, 11) is 0. The van der Waals surface area contributed by atoms with Crippen molar-refractivity contribution in [3.05, 3.63) is 37.9 Å². The first-order chi connectivity index (χ1) is 8.95. The van der Waals surface area contributed by atoms with Crippen LogP contribution in [0.25, 0.3) is 0 Å². The highest BCUT2D eigenvalue weighted by molar-refractivity contribution is 7.80. The first-order valence-electron chi connectivity index (χ1n) is 5.16. The summed E-state index contributed by atoms with van der Waals surface area (Å²) in [5.74, 6) is 0. The highest BCUT2D eigenvalue weighted by Crippen LogP contribution is 2.29. The number of nitrogens with one attached hydrogen (secondary N) is 2. The van der Waals surface area contributed by atoms with E-state index in [9.17, 15) is 10.1 Å². The molecule has 0 aromatic heterocycles. The van der Waals surface area contributed by atoms with Crippen molar-refractivity contribution in [2.75, 3.05) is 6.54 Å². The fourth-order valence-electron chi connectivity index (χ4n) is 1.15. The van der Waals surface area contributed by atoms with E-state index < -0.39 is 4.92 Å². The molecule has 0 heterocycles. The number of benzene rings is 1. The SMILES string of the molecule is CCNC(=S)N/N=C/c1cc([N+](=O)[O-])c(Cl)cc1Cl. The second kappa shape index (κ2) is 7.22. The first kappa shape index (κ1) is 15.6. The van der Waals surface area contributed by atoms with Crippen molar-refractivity contribution in [1.82, 2.24) is 10.7 Å². The van der Waals surface area contributed by atoms with Crippen LogP contribution in [-0.4, -0.2) is 22.8 Å². The van der Waals surface area contributed by atoms with Crippen molar-refractivity contribution < 1.29 is 4.92 Å². The lowest BCUT2D eigenvalue weighted by molar-refractivity contribution is -0.384. The molecule has 0 aliphatic carbocycles. The third-order valence-electron chi connectivity index (χ3n) is 1.97. The normalized spacial score (nSPS) is 10.5. The van der Waals surface area contributed by atoms with Gasteiger partial charge in [-0.25, -0.2) is 0 Å². The molecule has 0 atom stereocenters. The number of thiocarbonyl (C=S) groups is 1. The zero-order valence-electron chi connectivity index (χ0n) is 9.81. The van der Waals surface area contributed by atoms with Crippen LogP contribution in [-0.2, 0) is 0 Å². The molecule has 19 heavy (non-hydrogen) atoms. The summed E-state index contributed by atoms with van der Waals surface area (Å²) in [4.78, 5) is 10.1. The highest BCUT2D eigenvalue weighted by atomic mass is 35.5. The maximum Gasteiger partial charge on any atom is 0.288 e. The van der Waals surface area contributed by atoms with E-state index in [1.165, 1.54) is 18.3 Å². The predicted molar refractivity (Wildman–Crippen MR) is 80.1 cm³/mol. The molecule has 0 fully saturated rings. The molecular weight excluding hydrogens is 311 g/mol. The second-order valence-corrected chi connectivity index (χ2v) is 4.53. The van der Waals surface area contributed by atoms with Crippen molar-refractivity contribution in [2.24, 2.45) is 5.10 Å². The van der Waals surface area contributed by atoms with Gasteiger partial charge in [0.15, 0.2) is 5.11 Å². The summed E-state index contributed by atoms with van der Waals surface area (Å²) in [6, 6.07) is 2.54. The summed E-state index contributed by atoms with van der Waals surface area (Å²) in [5.41, 5.74) is 2.68. The molecule has 0 saturated heterocycles. The van der Waals surface area contributed by atoms with E-state index >= 15 is 0 Å². The van der Waals surface area contributed by atoms with Gasteiger partial charge in [-0.05, 0) is 25.2 Å². The van der Waals surface area contributed by atoms with Gasteiger partial charge < -0.3 is 5.32 Å². The number of halogens is 2. The number of nitro benzene ring substituents is 1. The Morgan fingerprint density at radius 1 is 1.53 bits per heavy atom. The minimum absolute atomic E-state index is 0.0247. The van der Waals surface area contributed by atoms with Crippen LogP contribution in [0.2, 0.25) is 10.0 Å². The van der Waals surface area contributed by atoms with Crippen LogP contribution in [0.3, 0.4) is 0 Å². The van der Waals surface area contributed by atoms with Crippen LogP contribution >= 0.6 is 35.4 Å². The molecule has 0 bridgehead atoms. The number of nitro groups is 1. The molecule has 2 N–H and O–H groups in total. The molecule has 102 valence electrons. The van der Waals surface area contributed by atoms with Gasteiger partial charge in [-0.15, -0.1) is 0 Å². The number of hydrazone groups is 1. The van der Waals surface area contributed by atoms with Gasteiger partial charge in [0.25, 0.3) is 5.69 Å². The van der Waals surface area contributed by atoms with E-state index in [0.29, 0.717) is 17.2 Å². The molecule has 6 nitrogen and oxygen atoms in total. The Morgan fingerprint density at radius 2 is 2.21 bits per heavy atom. The topological polar surface area (TPSA) is 79.6 Å². The lowest BCUT2D eigenvalue weighted by Crippen LogP contribution is -2.31. The second-order valence-electron chi connectivity index (χ2n) is 3.31. The Balaban J connectivity index is 2.89. The summed E-state index contributed by atoms with van der Waals surface area (Å²) >= 11 is 16.5. The maximum atomic E-state index is 10.7. The van der Waals surface area contributed by atoms with Crippen LogP contribution in [0, 0.1) is 10.1 Å². The molecule has 0 aliphatic heterocycles. The molecule has 0 spiro atoms. The zero-order valence-corrected chi connectivity index (χ0v) is 12.1. The van der Waals surface area contributed by atoms with Crippen LogP contribution in [0.5, 0.6) is 0 Å². The molecular formula is C10H10Cl2N4O2S. The van der Waals surface area contributed by atoms with Gasteiger partial charge in [0.2, 0.25) is 0 Å². The van der Waals surface area contributed by atoms with Gasteiger partial charge >= 0.3 is 0 Å². The predicted octanol–water partition coefficient (Wildman–Crippen LogP) is 2.72. The molecule has 1 rings (SSSR count). The average molecular weight is 321 g/mol. The Bertz CT molecular complexity index is 537. The molecule has 0 unspecified atom stereocenters. The summed E-state index contributed by atoms with van der Waals surface area (Å²) in [5, 5.41) is 18.0. The molecule has 0 radical (unpaired) electrons. The first-order valence-corrected chi connectivity index (χ1v) is 6.32. The van der Waals surface area contributed by atoms with Crippen LogP contribution < -0.4 is 10.7 Å². The third kappa shape index (κ3) is 4.62. The van der Waals surface area contributed by atoms with Crippen molar-refractivity contribution in [3.63, 3.8) is 0 Å². The van der Waals surface area contributed by atoms with E-state index in [4.69, 9.17) is 35.4 Å². The van der Waals surface area contributed by atoms with E-state index in [-0.39, 0.29) is 15.7 Å². The smallest absolute Gasteiger partial charge is 0.288 e. The standard InChI is InChI=1S/C10H10Cl2N4O2S/c1-2-13-10(19)15-14-5-6-3-9(16(17)18)8(12)4-7(6)11/h3-5H,2H2,1H3,(H2,13,15,19)/b14-5+. The number of rotatable bonds is 4. The van der Waals surface area contributed by atoms with Gasteiger partial charge in [0.1, 0.15) is 5.02 Å². The number of hydrogen-bond donors (Lipinski definition) is 2. The quantitative estimate of drug-likeness (QED) is 0.386. The number of nitrogens with zero attached hydrogens (tertiary/aromatic N) is 2. The molecule has 1 aromatic rings. The fourth-order valence-corrected chi connectivity index (χ4v) is 1.85. The Labute approximate surface area is 124 Å². The van der Waals surface area contributed by atoms with Gasteiger partial charge in [-0.2, -0.15) is 5.10 Å². The van der Waals surface area contributed by atoms with E-state index in [1.54, 1.807) is 0 Å². The van der Waals surface area contributed by atoms with E-state index in [0.717, 1.165) is 0 Å². The lowest BCUT2D eigenvalue weighted by Gasteiger charge is -2.03. The van der Waals surface area contributed by atoms with Crippen molar-refractivity contribution in [2.45, 2.75) is 6.92 Å². The lowest BCUT2D eigenvalue weighted by atomic mass is 10.2. The fraction of sp³-hybridized carbons (Fsp3) is 0.200. The largest absolute Gasteiger partial charge is 0.362 e.